The van der Waals surface area contributed by atoms with E-state index in [1.54, 1.807) is 25.7 Å². The molecule has 8 nitrogen and oxygen atoms in total. The van der Waals surface area contributed by atoms with Crippen molar-refractivity contribution in [2.45, 2.75) is 59.0 Å². The van der Waals surface area contributed by atoms with E-state index in [1.165, 1.54) is 4.90 Å². The third kappa shape index (κ3) is 4.64. The molecule has 0 saturated carbocycles. The van der Waals surface area contributed by atoms with Gasteiger partial charge < -0.3 is 19.1 Å². The number of fused-ring (bicyclic) bond motifs is 1. The predicted molar refractivity (Wildman–Crippen MR) is 95.5 cm³/mol. The van der Waals surface area contributed by atoms with Crippen LogP contribution in [0.1, 0.15) is 45.8 Å². The highest BCUT2D eigenvalue weighted by atomic mass is 19.4. The summed E-state index contributed by atoms with van der Waals surface area (Å²) in [5, 5.41) is 6.86. The minimum Gasteiger partial charge on any atom is -0.444 e. The number of hydrogen-bond acceptors (Lipinski definition) is 5. The smallest absolute Gasteiger partial charge is 0.444 e. The van der Waals surface area contributed by atoms with E-state index in [1.807, 2.05) is 6.92 Å². The first-order valence-corrected chi connectivity index (χ1v) is 9.63. The molecule has 1 fully saturated rings. The second-order valence-electron chi connectivity index (χ2n) is 8.65. The molecule has 2 aliphatic heterocycles. The zero-order valence-electron chi connectivity index (χ0n) is 17.0. The molecule has 162 valence electrons. The van der Waals surface area contributed by atoms with Crippen LogP contribution in [0, 0.1) is 11.8 Å². The lowest BCUT2D eigenvalue weighted by Crippen LogP contribution is -2.50. The van der Waals surface area contributed by atoms with E-state index in [-0.39, 0.29) is 43.2 Å². The summed E-state index contributed by atoms with van der Waals surface area (Å²) in [5.41, 5.74) is -0.591. The average molecular weight is 417 g/mol. The molecule has 0 spiro atoms. The van der Waals surface area contributed by atoms with Crippen LogP contribution in [0.25, 0.3) is 0 Å². The van der Waals surface area contributed by atoms with E-state index in [2.05, 4.69) is 10.2 Å². The minimum absolute atomic E-state index is 0.000906. The van der Waals surface area contributed by atoms with Crippen LogP contribution < -0.4 is 0 Å². The van der Waals surface area contributed by atoms with Crippen molar-refractivity contribution in [1.82, 2.24) is 24.6 Å². The Balaban J connectivity index is 1.62. The molecule has 3 rings (SSSR count). The Bertz CT molecular complexity index is 787. The monoisotopic (exact) mass is 417 g/mol. The van der Waals surface area contributed by atoms with Gasteiger partial charge in [0.15, 0.2) is 5.82 Å². The van der Waals surface area contributed by atoms with Crippen molar-refractivity contribution in [3.05, 3.63) is 11.6 Å². The molecule has 0 N–H and O–H groups in total. The first kappa shape index (κ1) is 21.4. The lowest BCUT2D eigenvalue weighted by Gasteiger charge is -2.39. The maximum absolute atomic E-state index is 13.0. The molecule has 0 aromatic carbocycles. The van der Waals surface area contributed by atoms with Gasteiger partial charge in [-0.2, -0.15) is 13.2 Å². The normalized spacial score (nSPS) is 23.0. The summed E-state index contributed by atoms with van der Waals surface area (Å²) >= 11 is 0. The summed E-state index contributed by atoms with van der Waals surface area (Å²) in [5.74, 6) is -1.40. The van der Waals surface area contributed by atoms with Gasteiger partial charge in [0, 0.05) is 32.1 Å². The lowest BCUT2D eigenvalue weighted by molar-refractivity contribution is -0.148. The molecule has 29 heavy (non-hydrogen) atoms. The van der Waals surface area contributed by atoms with E-state index >= 15 is 0 Å². The van der Waals surface area contributed by atoms with Gasteiger partial charge in [0.2, 0.25) is 11.7 Å². The van der Waals surface area contributed by atoms with E-state index < -0.39 is 23.7 Å². The highest BCUT2D eigenvalue weighted by Crippen LogP contribution is 2.31. The van der Waals surface area contributed by atoms with Crippen molar-refractivity contribution in [3.8, 4) is 0 Å². The van der Waals surface area contributed by atoms with Crippen LogP contribution in [0.5, 0.6) is 0 Å². The number of halogens is 3. The van der Waals surface area contributed by atoms with Crippen molar-refractivity contribution in [3.63, 3.8) is 0 Å². The first-order chi connectivity index (χ1) is 13.4. The Labute approximate surface area is 167 Å². The van der Waals surface area contributed by atoms with Gasteiger partial charge in [-0.25, -0.2) is 4.79 Å². The SMILES string of the molecule is CC1CN(C(=O)OC(C)(C)C)CCC1C(=O)N1CCn2c(nnc2C(F)(F)F)C1. The quantitative estimate of drug-likeness (QED) is 0.702. The third-order valence-corrected chi connectivity index (χ3v) is 5.19. The standard InChI is InChI=1S/C18H26F3N5O3/c1-11-9-25(16(28)29-17(2,3)4)6-5-12(11)14(27)24-7-8-26-13(10-24)22-23-15(26)18(19,20)21/h11-12H,5-10H2,1-4H3. The van der Waals surface area contributed by atoms with Gasteiger partial charge >= 0.3 is 12.3 Å². The van der Waals surface area contributed by atoms with Crippen LogP contribution in [-0.2, 0) is 28.8 Å². The summed E-state index contributed by atoms with van der Waals surface area (Å²) in [7, 11) is 0. The summed E-state index contributed by atoms with van der Waals surface area (Å²) in [6, 6.07) is 0. The van der Waals surface area contributed by atoms with E-state index in [0.29, 0.717) is 19.5 Å². The summed E-state index contributed by atoms with van der Waals surface area (Å²) in [6.07, 6.45) is -4.49. The average Bonchev–Trinajstić information content (AvgIpc) is 3.03. The molecule has 0 aliphatic carbocycles. The fourth-order valence-electron chi connectivity index (χ4n) is 3.79. The number of amides is 2. The molecule has 0 radical (unpaired) electrons. The molecule has 1 aromatic rings. The van der Waals surface area contributed by atoms with Crippen molar-refractivity contribution in [1.29, 1.82) is 0 Å². The Hall–Kier alpha value is -2.33. The molecular weight excluding hydrogens is 391 g/mol. The van der Waals surface area contributed by atoms with Gasteiger partial charge in [0.05, 0.1) is 6.54 Å². The fourth-order valence-corrected chi connectivity index (χ4v) is 3.79. The third-order valence-electron chi connectivity index (χ3n) is 5.19. The highest BCUT2D eigenvalue weighted by Gasteiger charge is 2.41. The van der Waals surface area contributed by atoms with E-state index in [9.17, 15) is 22.8 Å². The number of carbonyl (C=O) groups excluding carboxylic acids is 2. The van der Waals surface area contributed by atoms with Crippen LogP contribution in [0.4, 0.5) is 18.0 Å². The number of rotatable bonds is 1. The molecule has 1 aromatic heterocycles. The van der Waals surface area contributed by atoms with E-state index in [4.69, 9.17) is 4.74 Å². The molecular formula is C18H26F3N5O3. The molecule has 2 aliphatic rings. The predicted octanol–water partition coefficient (Wildman–Crippen LogP) is 2.53. The van der Waals surface area contributed by atoms with Gasteiger partial charge in [-0.1, -0.05) is 6.92 Å². The Kier molecular flexibility index (Phi) is 5.52. The zero-order valence-corrected chi connectivity index (χ0v) is 17.0. The highest BCUT2D eigenvalue weighted by molar-refractivity contribution is 5.79. The number of hydrogen-bond donors (Lipinski definition) is 0. The molecule has 2 amide bonds. The van der Waals surface area contributed by atoms with Crippen molar-refractivity contribution < 1.29 is 27.5 Å². The first-order valence-electron chi connectivity index (χ1n) is 9.63. The maximum atomic E-state index is 13.0. The second kappa shape index (κ2) is 7.49. The number of likely N-dealkylation sites (tertiary alicyclic amines) is 1. The fraction of sp³-hybridized carbons (Fsp3) is 0.778. The summed E-state index contributed by atoms with van der Waals surface area (Å²) in [4.78, 5) is 28.4. The second-order valence-corrected chi connectivity index (χ2v) is 8.65. The zero-order chi connectivity index (χ0) is 21.6. The van der Waals surface area contributed by atoms with Crippen molar-refractivity contribution >= 4 is 12.0 Å². The topological polar surface area (TPSA) is 80.6 Å². The maximum Gasteiger partial charge on any atom is 0.451 e. The molecule has 11 heteroatoms. The number of nitrogens with zero attached hydrogens (tertiary/aromatic N) is 5. The molecule has 3 heterocycles. The summed E-state index contributed by atoms with van der Waals surface area (Å²) in [6.45, 7) is 8.26. The van der Waals surface area contributed by atoms with Gasteiger partial charge in [0.25, 0.3) is 0 Å². The van der Waals surface area contributed by atoms with Crippen LogP contribution >= 0.6 is 0 Å². The lowest BCUT2D eigenvalue weighted by atomic mass is 9.85. The van der Waals surface area contributed by atoms with Gasteiger partial charge in [-0.05, 0) is 33.1 Å². The molecule has 2 unspecified atom stereocenters. The summed E-state index contributed by atoms with van der Waals surface area (Å²) < 4.78 is 45.3. The van der Waals surface area contributed by atoms with Crippen molar-refractivity contribution in [2.24, 2.45) is 11.8 Å². The van der Waals surface area contributed by atoms with E-state index in [0.717, 1.165) is 4.57 Å². The largest absolute Gasteiger partial charge is 0.451 e. The van der Waals surface area contributed by atoms with Crippen LogP contribution in [0.15, 0.2) is 0 Å². The number of ether oxygens (including phenoxy) is 1. The van der Waals surface area contributed by atoms with Crippen LogP contribution in [0.3, 0.4) is 0 Å². The Morgan fingerprint density at radius 1 is 1.07 bits per heavy atom. The number of alkyl halides is 3. The van der Waals surface area contributed by atoms with Crippen LogP contribution in [-0.4, -0.2) is 61.8 Å². The van der Waals surface area contributed by atoms with Gasteiger partial charge in [-0.15, -0.1) is 10.2 Å². The van der Waals surface area contributed by atoms with Gasteiger partial charge in [-0.3, -0.25) is 4.79 Å². The molecule has 2 atom stereocenters. The molecule has 0 bridgehead atoms. The number of aromatic nitrogens is 3. The van der Waals surface area contributed by atoms with Crippen LogP contribution in [0.2, 0.25) is 0 Å². The number of carbonyl (C=O) groups is 2. The van der Waals surface area contributed by atoms with Crippen molar-refractivity contribution in [2.75, 3.05) is 19.6 Å². The number of piperidine rings is 1. The minimum atomic E-state index is -4.57. The Morgan fingerprint density at radius 2 is 1.76 bits per heavy atom. The molecule has 1 saturated heterocycles. The Morgan fingerprint density at radius 3 is 2.34 bits per heavy atom. The van der Waals surface area contributed by atoms with Gasteiger partial charge in [0.1, 0.15) is 5.60 Å².